The lowest BCUT2D eigenvalue weighted by Gasteiger charge is -2.05. The summed E-state index contributed by atoms with van der Waals surface area (Å²) in [5, 5.41) is 11.6. The third kappa shape index (κ3) is 2.44. The van der Waals surface area contributed by atoms with E-state index in [2.05, 4.69) is 19.9 Å². The fraction of sp³-hybridized carbons (Fsp3) is 0.0588. The predicted octanol–water partition coefficient (Wildman–Crippen LogP) is 3.53. The molecule has 118 valence electrons. The van der Waals surface area contributed by atoms with Gasteiger partial charge in [0, 0.05) is 23.2 Å². The fourth-order valence-electron chi connectivity index (χ4n) is 2.40. The smallest absolute Gasteiger partial charge is 0.235 e. The van der Waals surface area contributed by atoms with Gasteiger partial charge in [0.05, 0.1) is 18.3 Å². The number of hydrogen-bond donors (Lipinski definition) is 1. The molecule has 0 aromatic carbocycles. The van der Waals surface area contributed by atoms with Crippen LogP contribution in [0.1, 0.15) is 0 Å². The molecule has 0 spiro atoms. The van der Waals surface area contributed by atoms with E-state index in [9.17, 15) is 5.11 Å². The van der Waals surface area contributed by atoms with E-state index in [1.54, 1.807) is 19.4 Å². The lowest BCUT2D eigenvalue weighted by Crippen LogP contribution is -1.96. The molecule has 0 aliphatic carbocycles. The number of aromatic hydroxyl groups is 1. The van der Waals surface area contributed by atoms with Crippen LogP contribution in [-0.4, -0.2) is 32.2 Å². The van der Waals surface area contributed by atoms with Crippen LogP contribution in [0, 0.1) is 0 Å². The molecule has 0 fully saturated rings. The summed E-state index contributed by atoms with van der Waals surface area (Å²) in [5.74, 6) is 0.953. The molecule has 4 rings (SSSR count). The SMILES string of the molecule is COc1nc(-c2ccccn2)nc2c(-c3cccc(O)n3)csc12. The van der Waals surface area contributed by atoms with Crippen molar-refractivity contribution in [1.29, 1.82) is 0 Å². The van der Waals surface area contributed by atoms with Gasteiger partial charge in [-0.1, -0.05) is 12.1 Å². The number of hydrogen-bond acceptors (Lipinski definition) is 7. The Hall–Kier alpha value is -3.06. The van der Waals surface area contributed by atoms with E-state index < -0.39 is 0 Å². The van der Waals surface area contributed by atoms with E-state index in [1.165, 1.54) is 17.4 Å². The normalized spacial score (nSPS) is 10.9. The minimum absolute atomic E-state index is 0.0298. The van der Waals surface area contributed by atoms with E-state index in [1.807, 2.05) is 29.6 Å². The predicted molar refractivity (Wildman–Crippen MR) is 92.1 cm³/mol. The second-order valence-corrected chi connectivity index (χ2v) is 5.86. The van der Waals surface area contributed by atoms with E-state index in [0.717, 1.165) is 15.8 Å². The van der Waals surface area contributed by atoms with Crippen molar-refractivity contribution in [2.75, 3.05) is 7.11 Å². The highest BCUT2D eigenvalue weighted by molar-refractivity contribution is 7.18. The number of nitrogens with zero attached hydrogens (tertiary/aromatic N) is 4. The van der Waals surface area contributed by atoms with Gasteiger partial charge in [-0.15, -0.1) is 11.3 Å². The summed E-state index contributed by atoms with van der Waals surface area (Å²) in [6.07, 6.45) is 1.70. The first kappa shape index (κ1) is 14.5. The Morgan fingerprint density at radius 2 is 1.88 bits per heavy atom. The van der Waals surface area contributed by atoms with Gasteiger partial charge in [-0.25, -0.2) is 9.97 Å². The summed E-state index contributed by atoms with van der Waals surface area (Å²) in [7, 11) is 1.58. The van der Waals surface area contributed by atoms with Crippen LogP contribution in [0.4, 0.5) is 0 Å². The number of thiophene rings is 1. The van der Waals surface area contributed by atoms with Crippen molar-refractivity contribution in [3.8, 4) is 34.5 Å². The second kappa shape index (κ2) is 5.86. The molecule has 6 nitrogen and oxygen atoms in total. The van der Waals surface area contributed by atoms with Crippen LogP contribution >= 0.6 is 11.3 Å². The van der Waals surface area contributed by atoms with Gasteiger partial charge in [0.1, 0.15) is 10.4 Å². The topological polar surface area (TPSA) is 81.0 Å². The molecular formula is C17H12N4O2S. The van der Waals surface area contributed by atoms with Crippen LogP contribution in [0.25, 0.3) is 33.0 Å². The van der Waals surface area contributed by atoms with Crippen LogP contribution in [0.15, 0.2) is 48.0 Å². The summed E-state index contributed by atoms with van der Waals surface area (Å²) >= 11 is 1.48. The Balaban J connectivity index is 1.97. The summed E-state index contributed by atoms with van der Waals surface area (Å²) in [6.45, 7) is 0. The van der Waals surface area contributed by atoms with Gasteiger partial charge >= 0.3 is 0 Å². The first-order valence-corrected chi connectivity index (χ1v) is 8.05. The molecule has 0 aliphatic heterocycles. The van der Waals surface area contributed by atoms with Crippen LogP contribution < -0.4 is 4.74 Å². The van der Waals surface area contributed by atoms with Gasteiger partial charge in [0.2, 0.25) is 11.8 Å². The van der Waals surface area contributed by atoms with E-state index >= 15 is 0 Å². The lowest BCUT2D eigenvalue weighted by molar-refractivity contribution is 0.404. The minimum Gasteiger partial charge on any atom is -0.493 e. The Labute approximate surface area is 141 Å². The molecule has 0 unspecified atom stereocenters. The highest BCUT2D eigenvalue weighted by atomic mass is 32.1. The molecule has 7 heteroatoms. The van der Waals surface area contributed by atoms with Crippen molar-refractivity contribution in [3.05, 3.63) is 48.0 Å². The summed E-state index contributed by atoms with van der Waals surface area (Å²) in [5.41, 5.74) is 2.86. The van der Waals surface area contributed by atoms with Crippen LogP contribution in [0.2, 0.25) is 0 Å². The van der Waals surface area contributed by atoms with Crippen LogP contribution in [-0.2, 0) is 0 Å². The maximum atomic E-state index is 9.64. The van der Waals surface area contributed by atoms with Crippen LogP contribution in [0.5, 0.6) is 11.8 Å². The molecule has 1 N–H and O–H groups in total. The Morgan fingerprint density at radius 1 is 1.00 bits per heavy atom. The molecule has 0 amide bonds. The molecule has 4 heterocycles. The molecule has 0 bridgehead atoms. The highest BCUT2D eigenvalue weighted by Gasteiger charge is 2.17. The average Bonchev–Trinajstić information content (AvgIpc) is 3.05. The summed E-state index contributed by atoms with van der Waals surface area (Å²) in [6, 6.07) is 10.7. The largest absolute Gasteiger partial charge is 0.493 e. The molecular weight excluding hydrogens is 324 g/mol. The van der Waals surface area contributed by atoms with Gasteiger partial charge in [-0.2, -0.15) is 4.98 Å². The van der Waals surface area contributed by atoms with Gasteiger partial charge in [-0.3, -0.25) is 4.98 Å². The molecule has 0 radical (unpaired) electrons. The van der Waals surface area contributed by atoms with Crippen molar-refractivity contribution < 1.29 is 9.84 Å². The Kier molecular flexibility index (Phi) is 3.55. The Morgan fingerprint density at radius 3 is 2.62 bits per heavy atom. The number of rotatable bonds is 3. The van der Waals surface area contributed by atoms with E-state index in [4.69, 9.17) is 4.74 Å². The third-order valence-corrected chi connectivity index (χ3v) is 4.44. The minimum atomic E-state index is -0.0298. The van der Waals surface area contributed by atoms with Gasteiger partial charge in [0.25, 0.3) is 0 Å². The maximum Gasteiger partial charge on any atom is 0.235 e. The summed E-state index contributed by atoms with van der Waals surface area (Å²) < 4.78 is 6.26. The molecule has 4 aromatic rings. The van der Waals surface area contributed by atoms with Gasteiger partial charge in [-0.05, 0) is 18.2 Å². The molecule has 0 atom stereocenters. The van der Waals surface area contributed by atoms with Gasteiger partial charge in [0.15, 0.2) is 5.82 Å². The third-order valence-electron chi connectivity index (χ3n) is 3.48. The number of fused-ring (bicyclic) bond motifs is 1. The second-order valence-electron chi connectivity index (χ2n) is 4.98. The van der Waals surface area contributed by atoms with Crippen molar-refractivity contribution >= 4 is 21.6 Å². The standard InChI is InChI=1S/C17H12N4O2S/c1-23-17-15-14(20-16(21-17)12-5-2-3-8-18-12)10(9-24-15)11-6-4-7-13(22)19-11/h2-9H,1H3,(H,19,22). The molecule has 0 saturated carbocycles. The molecule has 0 saturated heterocycles. The lowest BCUT2D eigenvalue weighted by atomic mass is 10.2. The Bertz CT molecular complexity index is 1020. The summed E-state index contributed by atoms with van der Waals surface area (Å²) in [4.78, 5) is 17.6. The van der Waals surface area contributed by atoms with Crippen molar-refractivity contribution in [3.63, 3.8) is 0 Å². The molecule has 24 heavy (non-hydrogen) atoms. The fourth-order valence-corrected chi connectivity index (χ4v) is 3.36. The van der Waals surface area contributed by atoms with Gasteiger partial charge < -0.3 is 9.84 Å². The number of aromatic nitrogens is 4. The first-order chi connectivity index (χ1) is 11.8. The van der Waals surface area contributed by atoms with Crippen LogP contribution in [0.3, 0.4) is 0 Å². The zero-order valence-electron chi connectivity index (χ0n) is 12.7. The van der Waals surface area contributed by atoms with E-state index in [-0.39, 0.29) is 5.88 Å². The number of ether oxygens (including phenoxy) is 1. The average molecular weight is 336 g/mol. The highest BCUT2D eigenvalue weighted by Crippen LogP contribution is 2.37. The quantitative estimate of drug-likeness (QED) is 0.616. The number of methoxy groups -OCH3 is 1. The zero-order chi connectivity index (χ0) is 16.5. The number of pyridine rings is 2. The van der Waals surface area contributed by atoms with Crippen molar-refractivity contribution in [2.45, 2.75) is 0 Å². The molecule has 4 aromatic heterocycles. The zero-order valence-corrected chi connectivity index (χ0v) is 13.5. The van der Waals surface area contributed by atoms with Crippen molar-refractivity contribution in [2.24, 2.45) is 0 Å². The van der Waals surface area contributed by atoms with E-state index in [0.29, 0.717) is 23.1 Å². The van der Waals surface area contributed by atoms with Crippen molar-refractivity contribution in [1.82, 2.24) is 19.9 Å². The first-order valence-electron chi connectivity index (χ1n) is 7.17. The molecule has 0 aliphatic rings. The maximum absolute atomic E-state index is 9.64. The monoisotopic (exact) mass is 336 g/mol.